The zero-order valence-electron chi connectivity index (χ0n) is 16.3. The van der Waals surface area contributed by atoms with Crippen molar-refractivity contribution < 1.29 is 18.3 Å². The molecule has 3 aromatic rings. The lowest BCUT2D eigenvalue weighted by molar-refractivity contribution is -0.137. The Bertz CT molecular complexity index is 996. The molecule has 1 aliphatic rings. The minimum Gasteiger partial charge on any atom is -0.492 e. The Morgan fingerprint density at radius 1 is 1.28 bits per heavy atom. The van der Waals surface area contributed by atoms with Gasteiger partial charge in [0.25, 0.3) is 0 Å². The van der Waals surface area contributed by atoms with E-state index < -0.39 is 11.7 Å². The molecule has 1 N–H and O–H groups in total. The predicted octanol–water partition coefficient (Wildman–Crippen LogP) is 4.90. The average molecular weight is 424 g/mol. The number of hydrogen-bond acceptors (Lipinski definition) is 5. The van der Waals surface area contributed by atoms with Crippen molar-refractivity contribution in [3.63, 3.8) is 0 Å². The molecule has 0 unspecified atom stereocenters. The summed E-state index contributed by atoms with van der Waals surface area (Å²) in [7, 11) is 0. The minimum absolute atomic E-state index is 0.0142. The third-order valence-electron chi connectivity index (χ3n) is 5.42. The Labute approximate surface area is 170 Å². The second-order valence-corrected chi connectivity index (χ2v) is 8.64. The lowest BCUT2D eigenvalue weighted by Crippen LogP contribution is -2.37. The minimum atomic E-state index is -4.38. The molecule has 0 radical (unpaired) electrons. The number of halogens is 3. The van der Waals surface area contributed by atoms with Gasteiger partial charge in [-0.05, 0) is 43.0 Å². The highest BCUT2D eigenvalue weighted by atomic mass is 32.1. The Hall–Kier alpha value is -2.13. The molecule has 0 amide bonds. The van der Waals surface area contributed by atoms with Crippen LogP contribution in [0.5, 0.6) is 5.88 Å². The van der Waals surface area contributed by atoms with Crippen molar-refractivity contribution in [2.75, 3.05) is 13.1 Å². The topological polar surface area (TPSA) is 53.7 Å². The number of thiazole rings is 1. The van der Waals surface area contributed by atoms with Crippen molar-refractivity contribution in [1.29, 1.82) is 0 Å². The first-order valence-corrected chi connectivity index (χ1v) is 10.6. The van der Waals surface area contributed by atoms with E-state index in [9.17, 15) is 18.3 Å². The van der Waals surface area contributed by atoms with Crippen LogP contribution in [0.25, 0.3) is 4.96 Å². The number of rotatable bonds is 4. The van der Waals surface area contributed by atoms with Crippen molar-refractivity contribution in [3.8, 4) is 5.88 Å². The molecule has 29 heavy (non-hydrogen) atoms. The molecule has 1 aliphatic heterocycles. The van der Waals surface area contributed by atoms with E-state index in [-0.39, 0.29) is 11.9 Å². The fourth-order valence-electron chi connectivity index (χ4n) is 3.96. The number of hydrogen-bond donors (Lipinski definition) is 1. The number of likely N-dealkylation sites (tertiary alicyclic amines) is 1. The second-order valence-electron chi connectivity index (χ2n) is 7.63. The third kappa shape index (κ3) is 3.85. The predicted molar refractivity (Wildman–Crippen MR) is 105 cm³/mol. The van der Waals surface area contributed by atoms with E-state index in [2.05, 4.69) is 21.9 Å². The lowest BCUT2D eigenvalue weighted by Gasteiger charge is -2.37. The number of aromatic hydroxyl groups is 1. The molecule has 2 aromatic heterocycles. The van der Waals surface area contributed by atoms with Gasteiger partial charge in [0.05, 0.1) is 16.5 Å². The van der Waals surface area contributed by atoms with Gasteiger partial charge in [0.2, 0.25) is 10.8 Å². The summed E-state index contributed by atoms with van der Waals surface area (Å²) in [6.07, 6.45) is -1.58. The number of fused-ring (bicyclic) bond motifs is 1. The van der Waals surface area contributed by atoms with E-state index in [0.29, 0.717) is 28.0 Å². The molecular weight excluding hydrogens is 401 g/mol. The van der Waals surface area contributed by atoms with Crippen LogP contribution in [0.2, 0.25) is 0 Å². The van der Waals surface area contributed by atoms with Crippen molar-refractivity contribution >= 4 is 16.3 Å². The fourth-order valence-corrected chi connectivity index (χ4v) is 5.10. The first kappa shape index (κ1) is 20.2. The maximum Gasteiger partial charge on any atom is 0.416 e. The summed E-state index contributed by atoms with van der Waals surface area (Å²) < 4.78 is 40.5. The summed E-state index contributed by atoms with van der Waals surface area (Å²) in [6, 6.07) is 4.91. The van der Waals surface area contributed by atoms with E-state index in [1.807, 2.05) is 6.92 Å². The molecule has 1 aromatic carbocycles. The summed E-state index contributed by atoms with van der Waals surface area (Å²) in [4.78, 5) is 7.93. The summed E-state index contributed by atoms with van der Waals surface area (Å²) in [6.45, 7) is 5.76. The van der Waals surface area contributed by atoms with E-state index in [1.54, 1.807) is 0 Å². The van der Waals surface area contributed by atoms with Crippen molar-refractivity contribution in [2.45, 2.75) is 45.3 Å². The number of alkyl halides is 3. The molecule has 1 fully saturated rings. The molecule has 0 bridgehead atoms. The zero-order chi connectivity index (χ0) is 20.8. The first-order chi connectivity index (χ1) is 13.8. The third-order valence-corrected chi connectivity index (χ3v) is 6.49. The van der Waals surface area contributed by atoms with Gasteiger partial charge in [-0.25, -0.2) is 4.98 Å². The van der Waals surface area contributed by atoms with E-state index >= 15 is 0 Å². The Balaban J connectivity index is 1.78. The number of aryl methyl sites for hydroxylation is 1. The molecule has 2 atom stereocenters. The smallest absolute Gasteiger partial charge is 0.416 e. The van der Waals surface area contributed by atoms with Gasteiger partial charge >= 0.3 is 6.18 Å². The molecule has 3 heterocycles. The highest BCUT2D eigenvalue weighted by Crippen LogP contribution is 2.42. The largest absolute Gasteiger partial charge is 0.492 e. The second kappa shape index (κ2) is 7.60. The number of aromatic nitrogens is 3. The van der Waals surface area contributed by atoms with Crippen LogP contribution < -0.4 is 0 Å². The maximum atomic E-state index is 13.0. The van der Waals surface area contributed by atoms with Gasteiger partial charge in [0.15, 0.2) is 5.82 Å². The number of piperidine rings is 1. The van der Waals surface area contributed by atoms with E-state index in [0.717, 1.165) is 43.6 Å². The van der Waals surface area contributed by atoms with Gasteiger partial charge in [-0.1, -0.05) is 37.3 Å². The summed E-state index contributed by atoms with van der Waals surface area (Å²) in [5.74, 6) is 1.15. The van der Waals surface area contributed by atoms with Crippen molar-refractivity contribution in [2.24, 2.45) is 5.92 Å². The normalized spacial score (nSPS) is 19.7. The van der Waals surface area contributed by atoms with Gasteiger partial charge in [-0.2, -0.15) is 17.7 Å². The molecule has 9 heteroatoms. The van der Waals surface area contributed by atoms with Crippen LogP contribution in [0.1, 0.15) is 54.6 Å². The summed E-state index contributed by atoms with van der Waals surface area (Å²) in [5, 5.41) is 15.2. The van der Waals surface area contributed by atoms with E-state index in [1.165, 1.54) is 28.0 Å². The average Bonchev–Trinajstić information content (AvgIpc) is 3.21. The lowest BCUT2D eigenvalue weighted by atomic mass is 9.95. The van der Waals surface area contributed by atoms with Crippen LogP contribution in [-0.2, 0) is 12.6 Å². The molecule has 4 rings (SSSR count). The van der Waals surface area contributed by atoms with Gasteiger partial charge in [-0.3, -0.25) is 4.90 Å². The van der Waals surface area contributed by atoms with Crippen LogP contribution >= 0.6 is 11.3 Å². The fraction of sp³-hybridized carbons (Fsp3) is 0.500. The highest BCUT2D eigenvalue weighted by Gasteiger charge is 2.34. The summed E-state index contributed by atoms with van der Waals surface area (Å²) >= 11 is 1.34. The monoisotopic (exact) mass is 424 g/mol. The van der Waals surface area contributed by atoms with Crippen LogP contribution in [0.4, 0.5) is 13.2 Å². The van der Waals surface area contributed by atoms with Crippen LogP contribution in [0.15, 0.2) is 24.3 Å². The number of nitrogens with zero attached hydrogens (tertiary/aromatic N) is 4. The molecule has 1 saturated heterocycles. The molecule has 0 saturated carbocycles. The van der Waals surface area contributed by atoms with Gasteiger partial charge in [-0.15, -0.1) is 5.10 Å². The molecule has 0 spiro atoms. The number of benzene rings is 1. The maximum absolute atomic E-state index is 13.0. The van der Waals surface area contributed by atoms with Gasteiger partial charge in [0.1, 0.15) is 0 Å². The Morgan fingerprint density at radius 2 is 2.00 bits per heavy atom. The SMILES string of the molecule is CCc1nc2sc([C@H](c3ccc(C(F)(F)F)cc3)N3CCC[C@H](C)C3)c(O)n2n1. The molecule has 156 valence electrons. The van der Waals surface area contributed by atoms with Crippen LogP contribution in [0.3, 0.4) is 0 Å². The standard InChI is InChI=1S/C20H23F3N4OS/c1-3-15-24-19-27(25-15)18(28)17(29-19)16(26-10-4-5-12(2)11-26)13-6-8-14(9-7-13)20(21,22)23/h6-9,12,16,28H,3-5,10-11H2,1-2H3/t12-,16-/m0/s1. The van der Waals surface area contributed by atoms with E-state index in [4.69, 9.17) is 0 Å². The molecule has 5 nitrogen and oxygen atoms in total. The Morgan fingerprint density at radius 3 is 2.59 bits per heavy atom. The van der Waals surface area contributed by atoms with Gasteiger partial charge < -0.3 is 5.11 Å². The highest BCUT2D eigenvalue weighted by molar-refractivity contribution is 7.17. The van der Waals surface area contributed by atoms with Crippen LogP contribution in [0, 0.1) is 5.92 Å². The van der Waals surface area contributed by atoms with Gasteiger partial charge in [0, 0.05) is 13.0 Å². The Kier molecular flexibility index (Phi) is 5.29. The van der Waals surface area contributed by atoms with Crippen molar-refractivity contribution in [1.82, 2.24) is 19.5 Å². The molecule has 0 aliphatic carbocycles. The van der Waals surface area contributed by atoms with Crippen molar-refractivity contribution in [3.05, 3.63) is 46.1 Å². The molecular formula is C20H23F3N4OS. The quantitative estimate of drug-likeness (QED) is 0.647. The van der Waals surface area contributed by atoms with Crippen LogP contribution in [-0.4, -0.2) is 37.7 Å². The zero-order valence-corrected chi connectivity index (χ0v) is 17.1. The summed E-state index contributed by atoms with van der Waals surface area (Å²) in [5.41, 5.74) is 0.0501. The first-order valence-electron chi connectivity index (χ1n) is 9.76.